The lowest BCUT2D eigenvalue weighted by Crippen LogP contribution is -2.08. The Hall–Kier alpha value is -0.910. The van der Waals surface area contributed by atoms with E-state index >= 15 is 0 Å². The zero-order chi connectivity index (χ0) is 13.3. The molecule has 0 aliphatic rings. The van der Waals surface area contributed by atoms with Crippen LogP contribution in [0.2, 0.25) is 10.2 Å². The molecule has 2 rings (SSSR count). The number of aromatic nitrogens is 2. The molecule has 0 aliphatic heterocycles. The van der Waals surface area contributed by atoms with Gasteiger partial charge < -0.3 is 4.74 Å². The molecule has 2 aromatic heterocycles. The molecule has 0 bridgehead atoms. The van der Waals surface area contributed by atoms with Crippen molar-refractivity contribution in [2.75, 3.05) is 6.61 Å². The second kappa shape index (κ2) is 5.38. The van der Waals surface area contributed by atoms with E-state index in [1.165, 1.54) is 0 Å². The van der Waals surface area contributed by atoms with Crippen molar-refractivity contribution in [2.45, 2.75) is 6.92 Å². The van der Waals surface area contributed by atoms with Gasteiger partial charge in [0, 0.05) is 10.7 Å². The van der Waals surface area contributed by atoms with Gasteiger partial charge in [0.1, 0.15) is 16.2 Å². The lowest BCUT2D eigenvalue weighted by Gasteiger charge is -2.08. The van der Waals surface area contributed by atoms with Crippen molar-refractivity contribution in [3.63, 3.8) is 0 Å². The van der Waals surface area contributed by atoms with Gasteiger partial charge in [0.05, 0.1) is 17.1 Å². The van der Waals surface area contributed by atoms with Gasteiger partial charge in [-0.1, -0.05) is 23.2 Å². The average Bonchev–Trinajstić information content (AvgIpc) is 2.28. The lowest BCUT2D eigenvalue weighted by molar-refractivity contribution is 0.0526. The van der Waals surface area contributed by atoms with Crippen LogP contribution < -0.4 is 0 Å². The minimum absolute atomic E-state index is 0.00542. The van der Waals surface area contributed by atoms with E-state index in [0.29, 0.717) is 11.0 Å². The second-order valence-electron chi connectivity index (χ2n) is 3.33. The van der Waals surface area contributed by atoms with E-state index in [-0.39, 0.29) is 22.3 Å². The zero-order valence-electron chi connectivity index (χ0n) is 9.21. The third kappa shape index (κ3) is 2.43. The molecule has 2 heterocycles. The second-order valence-corrected chi connectivity index (χ2v) is 4.98. The van der Waals surface area contributed by atoms with Crippen LogP contribution >= 0.6 is 39.1 Å². The van der Waals surface area contributed by atoms with Gasteiger partial charge in [-0.05, 0) is 28.9 Å². The molecule has 2 aromatic rings. The molecule has 0 N–H and O–H groups in total. The van der Waals surface area contributed by atoms with E-state index in [4.69, 9.17) is 27.9 Å². The van der Waals surface area contributed by atoms with Crippen molar-refractivity contribution >= 4 is 56.1 Å². The van der Waals surface area contributed by atoms with Gasteiger partial charge in [0.15, 0.2) is 0 Å². The van der Waals surface area contributed by atoms with Crippen LogP contribution in [0.5, 0.6) is 0 Å². The van der Waals surface area contributed by atoms with E-state index in [2.05, 4.69) is 25.9 Å². The minimum Gasteiger partial charge on any atom is -0.462 e. The maximum Gasteiger partial charge on any atom is 0.342 e. The Kier molecular flexibility index (Phi) is 4.04. The van der Waals surface area contributed by atoms with E-state index in [9.17, 15) is 4.79 Å². The van der Waals surface area contributed by atoms with Gasteiger partial charge in [-0.25, -0.2) is 9.78 Å². The monoisotopic (exact) mass is 348 g/mol. The van der Waals surface area contributed by atoms with Gasteiger partial charge in [0.25, 0.3) is 0 Å². The maximum atomic E-state index is 11.7. The van der Waals surface area contributed by atoms with Crippen molar-refractivity contribution in [1.29, 1.82) is 0 Å². The van der Waals surface area contributed by atoms with Gasteiger partial charge in [-0.2, -0.15) is 0 Å². The molecule has 7 heteroatoms. The summed E-state index contributed by atoms with van der Waals surface area (Å²) in [6.07, 6.45) is 1.57. The van der Waals surface area contributed by atoms with Gasteiger partial charge in [-0.15, -0.1) is 0 Å². The van der Waals surface area contributed by atoms with Gasteiger partial charge in [0.2, 0.25) is 0 Å². The number of hydrogen-bond donors (Lipinski definition) is 0. The van der Waals surface area contributed by atoms with Gasteiger partial charge >= 0.3 is 5.97 Å². The van der Waals surface area contributed by atoms with E-state index in [1.807, 2.05) is 0 Å². The molecule has 0 radical (unpaired) electrons. The Morgan fingerprint density at radius 3 is 2.89 bits per heavy atom. The molecular formula is C11H7BrCl2N2O2. The number of halogens is 3. The number of carbonyl (C=O) groups is 1. The molecule has 0 aromatic carbocycles. The summed E-state index contributed by atoms with van der Waals surface area (Å²) in [5.41, 5.74) is 0.960. The molecule has 0 saturated carbocycles. The summed E-state index contributed by atoms with van der Waals surface area (Å²) in [4.78, 5) is 19.9. The molecule has 0 saturated heterocycles. The van der Waals surface area contributed by atoms with E-state index in [0.717, 1.165) is 4.47 Å². The lowest BCUT2D eigenvalue weighted by atomic mass is 10.2. The van der Waals surface area contributed by atoms with Gasteiger partial charge in [-0.3, -0.25) is 4.98 Å². The number of esters is 1. The number of carbonyl (C=O) groups excluding carboxylic acids is 1. The smallest absolute Gasteiger partial charge is 0.342 e. The topological polar surface area (TPSA) is 52.1 Å². The normalized spacial score (nSPS) is 10.7. The van der Waals surface area contributed by atoms with Crippen LogP contribution in [0.25, 0.3) is 11.0 Å². The fourth-order valence-electron chi connectivity index (χ4n) is 1.43. The molecule has 18 heavy (non-hydrogen) atoms. The first-order valence-electron chi connectivity index (χ1n) is 5.02. The summed E-state index contributed by atoms with van der Waals surface area (Å²) in [7, 11) is 0. The molecule has 94 valence electrons. The van der Waals surface area contributed by atoms with Crippen LogP contribution in [0.4, 0.5) is 0 Å². The Morgan fingerprint density at radius 2 is 2.22 bits per heavy atom. The van der Waals surface area contributed by atoms with Crippen LogP contribution in [0.1, 0.15) is 17.3 Å². The molecule has 0 unspecified atom stereocenters. The largest absolute Gasteiger partial charge is 0.462 e. The number of hydrogen-bond acceptors (Lipinski definition) is 4. The van der Waals surface area contributed by atoms with Crippen LogP contribution in [0, 0.1) is 0 Å². The molecule has 4 nitrogen and oxygen atoms in total. The Morgan fingerprint density at radius 1 is 1.50 bits per heavy atom. The fourth-order valence-corrected chi connectivity index (χ4v) is 2.37. The van der Waals surface area contributed by atoms with Crippen molar-refractivity contribution in [2.24, 2.45) is 0 Å². The van der Waals surface area contributed by atoms with Crippen LogP contribution in [-0.2, 0) is 4.74 Å². The molecule has 0 aliphatic carbocycles. The van der Waals surface area contributed by atoms with Crippen LogP contribution in [-0.4, -0.2) is 22.5 Å². The first-order chi connectivity index (χ1) is 8.54. The third-order valence-electron chi connectivity index (χ3n) is 2.17. The Labute approximate surface area is 121 Å². The maximum absolute atomic E-state index is 11.7. The quantitative estimate of drug-likeness (QED) is 0.610. The summed E-state index contributed by atoms with van der Waals surface area (Å²) < 4.78 is 5.63. The summed E-state index contributed by atoms with van der Waals surface area (Å²) >= 11 is 15.4. The van der Waals surface area contributed by atoms with Crippen LogP contribution in [0.15, 0.2) is 16.7 Å². The molecule has 0 atom stereocenters. The predicted octanol–water partition coefficient (Wildman–Crippen LogP) is 3.88. The number of fused-ring (bicyclic) bond motifs is 1. The highest BCUT2D eigenvalue weighted by Gasteiger charge is 2.21. The first-order valence-corrected chi connectivity index (χ1v) is 6.56. The highest BCUT2D eigenvalue weighted by Crippen LogP contribution is 2.31. The predicted molar refractivity (Wildman–Crippen MR) is 73.2 cm³/mol. The van der Waals surface area contributed by atoms with E-state index < -0.39 is 5.97 Å². The highest BCUT2D eigenvalue weighted by molar-refractivity contribution is 9.10. The zero-order valence-corrected chi connectivity index (χ0v) is 12.3. The summed E-state index contributed by atoms with van der Waals surface area (Å²) in [5, 5.41) is 0.154. The van der Waals surface area contributed by atoms with Crippen molar-refractivity contribution in [1.82, 2.24) is 9.97 Å². The number of pyridine rings is 2. The summed E-state index contributed by atoms with van der Waals surface area (Å²) in [6, 6.07) is 1.72. The van der Waals surface area contributed by atoms with Crippen molar-refractivity contribution in [3.05, 3.63) is 32.5 Å². The standard InChI is InChI=1S/C11H7BrCl2N2O2/c1-2-18-11(17)7-8(13)9-6(16-10(7)14)3-5(12)4-15-9/h3-4H,2H2,1H3. The molecule has 0 spiro atoms. The minimum atomic E-state index is -0.605. The average molecular weight is 350 g/mol. The van der Waals surface area contributed by atoms with Crippen molar-refractivity contribution < 1.29 is 9.53 Å². The highest BCUT2D eigenvalue weighted by atomic mass is 79.9. The number of rotatable bonds is 2. The molecular weight excluding hydrogens is 343 g/mol. The number of ether oxygens (including phenoxy) is 1. The summed E-state index contributed by atoms with van der Waals surface area (Å²) in [5.74, 6) is -0.605. The Balaban J connectivity index is 2.69. The SMILES string of the molecule is CCOC(=O)c1c(Cl)nc2cc(Br)cnc2c1Cl. The summed E-state index contributed by atoms with van der Waals surface area (Å²) in [6.45, 7) is 1.93. The number of nitrogens with zero attached hydrogens (tertiary/aromatic N) is 2. The van der Waals surface area contributed by atoms with Crippen LogP contribution in [0.3, 0.4) is 0 Å². The fraction of sp³-hybridized carbons (Fsp3) is 0.182. The Bertz CT molecular complexity index is 634. The first kappa shape index (κ1) is 13.5. The van der Waals surface area contributed by atoms with E-state index in [1.54, 1.807) is 19.2 Å². The molecule has 0 fully saturated rings. The van der Waals surface area contributed by atoms with Crippen molar-refractivity contribution in [3.8, 4) is 0 Å². The third-order valence-corrected chi connectivity index (χ3v) is 3.24. The molecule has 0 amide bonds.